The molecule has 0 amide bonds. The molecule has 1 fully saturated rings. The molecular formula is C21H23N7O2S. The lowest BCUT2D eigenvalue weighted by molar-refractivity contribution is 0.198. The van der Waals surface area contributed by atoms with Crippen LogP contribution in [-0.2, 0) is 0 Å². The molecule has 1 atom stereocenters. The molecule has 1 aliphatic heterocycles. The smallest absolute Gasteiger partial charge is 0.318 e. The van der Waals surface area contributed by atoms with E-state index in [4.69, 9.17) is 4.42 Å². The van der Waals surface area contributed by atoms with Gasteiger partial charge in [0.25, 0.3) is 5.89 Å². The fraction of sp³-hybridized carbons (Fsp3) is 0.333. The molecule has 1 saturated heterocycles. The van der Waals surface area contributed by atoms with Crippen LogP contribution < -0.4 is 15.5 Å². The van der Waals surface area contributed by atoms with Crippen LogP contribution in [0.4, 0.5) is 23.2 Å². The number of hydrogen-bond donors (Lipinski definition) is 3. The van der Waals surface area contributed by atoms with Crippen molar-refractivity contribution in [2.24, 2.45) is 0 Å². The second-order valence-electron chi connectivity index (χ2n) is 7.85. The van der Waals surface area contributed by atoms with Crippen molar-refractivity contribution in [1.82, 2.24) is 20.2 Å². The summed E-state index contributed by atoms with van der Waals surface area (Å²) in [5.74, 6) is 1.10. The van der Waals surface area contributed by atoms with Gasteiger partial charge in [0, 0.05) is 37.1 Å². The molecule has 0 aliphatic carbocycles. The number of fused-ring (bicyclic) bond motifs is 1. The van der Waals surface area contributed by atoms with E-state index in [9.17, 15) is 5.11 Å². The number of hydrogen-bond acceptors (Lipinski definition) is 10. The monoisotopic (exact) mass is 437 g/mol. The van der Waals surface area contributed by atoms with Crippen LogP contribution in [0.5, 0.6) is 0 Å². The summed E-state index contributed by atoms with van der Waals surface area (Å²) in [6.07, 6.45) is 2.08. The van der Waals surface area contributed by atoms with Gasteiger partial charge in [-0.25, -0.2) is 9.97 Å². The Labute approximate surface area is 183 Å². The molecule has 0 bridgehead atoms. The molecule has 9 nitrogen and oxygen atoms in total. The van der Waals surface area contributed by atoms with Crippen molar-refractivity contribution >= 4 is 44.8 Å². The molecule has 0 spiro atoms. The Kier molecular flexibility index (Phi) is 5.16. The lowest BCUT2D eigenvalue weighted by atomic mass is 10.2. The number of nitrogens with zero attached hydrogens (tertiary/aromatic N) is 5. The zero-order valence-electron chi connectivity index (χ0n) is 17.2. The van der Waals surface area contributed by atoms with Gasteiger partial charge in [0.05, 0.1) is 33.1 Å². The Morgan fingerprint density at radius 3 is 2.94 bits per heavy atom. The summed E-state index contributed by atoms with van der Waals surface area (Å²) in [6.45, 7) is 5.34. The minimum Gasteiger partial charge on any atom is -0.403 e. The summed E-state index contributed by atoms with van der Waals surface area (Å²) in [7, 11) is 0. The third-order valence-corrected chi connectivity index (χ3v) is 5.82. The first kappa shape index (κ1) is 19.7. The minimum atomic E-state index is -0.357. The first-order chi connectivity index (χ1) is 15.0. The van der Waals surface area contributed by atoms with Crippen LogP contribution in [0.15, 0.2) is 40.4 Å². The van der Waals surface area contributed by atoms with Gasteiger partial charge in [-0.2, -0.15) is 0 Å². The van der Waals surface area contributed by atoms with Crippen LogP contribution in [-0.4, -0.2) is 50.5 Å². The van der Waals surface area contributed by atoms with Crippen LogP contribution in [0.1, 0.15) is 20.3 Å². The van der Waals surface area contributed by atoms with E-state index in [-0.39, 0.29) is 12.1 Å². The van der Waals surface area contributed by atoms with Crippen LogP contribution in [0.3, 0.4) is 0 Å². The second kappa shape index (κ2) is 8.12. The van der Waals surface area contributed by atoms with Gasteiger partial charge in [0.2, 0.25) is 0 Å². The average molecular weight is 438 g/mol. The van der Waals surface area contributed by atoms with Crippen LogP contribution in [0, 0.1) is 0 Å². The summed E-state index contributed by atoms with van der Waals surface area (Å²) < 4.78 is 7.03. The quantitative estimate of drug-likeness (QED) is 0.414. The molecule has 5 rings (SSSR count). The van der Waals surface area contributed by atoms with E-state index in [0.29, 0.717) is 37.2 Å². The van der Waals surface area contributed by atoms with Gasteiger partial charge in [0.1, 0.15) is 5.82 Å². The predicted octanol–water partition coefficient (Wildman–Crippen LogP) is 3.88. The maximum atomic E-state index is 9.76. The SMILES string of the molecule is CC(C)Nc1cc(Nc2ccc3ncsc3c2)ncc1-c1nnc(N2CCC(O)C2)o1. The number of nitrogens with one attached hydrogen (secondary N) is 2. The minimum absolute atomic E-state index is 0.207. The van der Waals surface area contributed by atoms with Gasteiger partial charge in [-0.3, -0.25) is 0 Å². The largest absolute Gasteiger partial charge is 0.403 e. The van der Waals surface area contributed by atoms with Crippen molar-refractivity contribution in [3.05, 3.63) is 36.0 Å². The molecule has 1 aromatic carbocycles. The molecule has 0 saturated carbocycles. The van der Waals surface area contributed by atoms with Crippen molar-refractivity contribution in [3.8, 4) is 11.5 Å². The third-order valence-electron chi connectivity index (χ3n) is 5.03. The van der Waals surface area contributed by atoms with Gasteiger partial charge in [-0.15, -0.1) is 16.4 Å². The van der Waals surface area contributed by atoms with Gasteiger partial charge in [0.15, 0.2) is 0 Å². The molecular weight excluding hydrogens is 414 g/mol. The zero-order valence-corrected chi connectivity index (χ0v) is 18.1. The van der Waals surface area contributed by atoms with Gasteiger partial charge in [-0.1, -0.05) is 5.10 Å². The average Bonchev–Trinajstić information content (AvgIpc) is 3.47. The van der Waals surface area contributed by atoms with E-state index in [1.807, 2.05) is 28.6 Å². The van der Waals surface area contributed by atoms with E-state index in [2.05, 4.69) is 50.7 Å². The fourth-order valence-corrected chi connectivity index (χ4v) is 4.29. The number of aliphatic hydroxyl groups excluding tert-OH is 1. The molecule has 4 heterocycles. The Bertz CT molecular complexity index is 1210. The number of anilines is 4. The molecule has 160 valence electrons. The molecule has 31 heavy (non-hydrogen) atoms. The fourth-order valence-electron chi connectivity index (χ4n) is 3.57. The van der Waals surface area contributed by atoms with E-state index >= 15 is 0 Å². The first-order valence-electron chi connectivity index (χ1n) is 10.2. The van der Waals surface area contributed by atoms with Gasteiger partial charge in [-0.05, 0) is 38.5 Å². The van der Waals surface area contributed by atoms with Crippen LogP contribution in [0.25, 0.3) is 21.7 Å². The summed E-state index contributed by atoms with van der Waals surface area (Å²) in [4.78, 5) is 10.8. The molecule has 10 heteroatoms. The highest BCUT2D eigenvalue weighted by Crippen LogP contribution is 2.32. The van der Waals surface area contributed by atoms with Crippen molar-refractivity contribution in [1.29, 1.82) is 0 Å². The van der Waals surface area contributed by atoms with Crippen molar-refractivity contribution in [2.45, 2.75) is 32.4 Å². The summed E-state index contributed by atoms with van der Waals surface area (Å²) in [5, 5.41) is 24.9. The summed E-state index contributed by atoms with van der Waals surface area (Å²) in [6, 6.07) is 8.61. The highest BCUT2D eigenvalue weighted by molar-refractivity contribution is 7.16. The lowest BCUT2D eigenvalue weighted by Crippen LogP contribution is -2.21. The molecule has 1 unspecified atom stereocenters. The van der Waals surface area contributed by atoms with Crippen LogP contribution in [0.2, 0.25) is 0 Å². The van der Waals surface area contributed by atoms with E-state index in [1.54, 1.807) is 17.5 Å². The molecule has 3 aromatic heterocycles. The number of aromatic nitrogens is 4. The number of pyridine rings is 1. The molecule has 0 radical (unpaired) electrons. The molecule has 4 aromatic rings. The maximum absolute atomic E-state index is 9.76. The van der Waals surface area contributed by atoms with E-state index in [0.717, 1.165) is 27.2 Å². The van der Waals surface area contributed by atoms with E-state index < -0.39 is 0 Å². The topological polar surface area (TPSA) is 112 Å². The lowest BCUT2D eigenvalue weighted by Gasteiger charge is -2.15. The number of aliphatic hydroxyl groups is 1. The Hall–Kier alpha value is -3.24. The number of β-amino-alcohol motifs (C(OH)–C–C–N with tert-alkyl or cyclic N) is 1. The van der Waals surface area contributed by atoms with Crippen LogP contribution >= 0.6 is 11.3 Å². The maximum Gasteiger partial charge on any atom is 0.318 e. The number of thiazole rings is 1. The second-order valence-corrected chi connectivity index (χ2v) is 8.74. The highest BCUT2D eigenvalue weighted by Gasteiger charge is 2.25. The highest BCUT2D eigenvalue weighted by atomic mass is 32.1. The zero-order chi connectivity index (χ0) is 21.4. The Morgan fingerprint density at radius 1 is 1.23 bits per heavy atom. The van der Waals surface area contributed by atoms with Gasteiger partial charge < -0.3 is 25.1 Å². The normalized spacial score (nSPS) is 16.4. The van der Waals surface area contributed by atoms with Crippen molar-refractivity contribution < 1.29 is 9.52 Å². The Balaban J connectivity index is 1.43. The number of benzene rings is 1. The van der Waals surface area contributed by atoms with Crippen molar-refractivity contribution in [2.75, 3.05) is 28.6 Å². The predicted molar refractivity (Wildman–Crippen MR) is 122 cm³/mol. The number of rotatable bonds is 6. The van der Waals surface area contributed by atoms with Gasteiger partial charge >= 0.3 is 6.01 Å². The Morgan fingerprint density at radius 2 is 2.13 bits per heavy atom. The first-order valence-corrected chi connectivity index (χ1v) is 11.1. The van der Waals surface area contributed by atoms with E-state index in [1.165, 1.54) is 0 Å². The third kappa shape index (κ3) is 4.17. The standard InChI is InChI=1S/C21H23N7O2S/c1-12(2)24-17-8-19(25-13-3-4-16-18(7-13)31-11-23-16)22-9-15(17)20-26-27-21(30-20)28-6-5-14(29)10-28/h3-4,7-9,11-12,14,29H,5-6,10H2,1-2H3,(H2,22,24,25). The van der Waals surface area contributed by atoms with Crippen molar-refractivity contribution in [3.63, 3.8) is 0 Å². The molecule has 1 aliphatic rings. The summed E-state index contributed by atoms with van der Waals surface area (Å²) >= 11 is 1.61. The summed E-state index contributed by atoms with van der Waals surface area (Å²) in [5.41, 5.74) is 5.35. The molecule has 3 N–H and O–H groups in total.